The number of aliphatic hydroxyl groups excluding tert-OH is 1. The number of hydrogen-bond acceptors (Lipinski definition) is 4. The number of rotatable bonds is 3. The molecule has 19 heavy (non-hydrogen) atoms. The van der Waals surface area contributed by atoms with Crippen LogP contribution in [0.15, 0.2) is 0 Å². The molecule has 1 N–H and O–H groups in total. The minimum Gasteiger partial charge on any atom is -0.460 e. The van der Waals surface area contributed by atoms with Crippen LogP contribution in [0.2, 0.25) is 0 Å². The zero-order valence-corrected chi connectivity index (χ0v) is 13.0. The van der Waals surface area contributed by atoms with Crippen molar-refractivity contribution in [2.24, 2.45) is 11.8 Å². The Labute approximate surface area is 116 Å². The fraction of sp³-hybridized carbons (Fsp3) is 0.933. The molecule has 0 heterocycles. The van der Waals surface area contributed by atoms with E-state index in [0.29, 0.717) is 6.42 Å². The van der Waals surface area contributed by atoms with Gasteiger partial charge in [-0.15, -0.1) is 0 Å². The molecule has 0 aromatic heterocycles. The first kappa shape index (κ1) is 16.4. The lowest BCUT2D eigenvalue weighted by atomic mass is 10.0. The molecule has 1 aliphatic rings. The molecule has 0 spiro atoms. The van der Waals surface area contributed by atoms with Gasteiger partial charge in [0.15, 0.2) is 6.29 Å². The monoisotopic (exact) mass is 272 g/mol. The van der Waals surface area contributed by atoms with Gasteiger partial charge in [-0.2, -0.15) is 0 Å². The molecule has 2 unspecified atom stereocenters. The largest absolute Gasteiger partial charge is 0.460 e. The van der Waals surface area contributed by atoms with Crippen molar-refractivity contribution in [1.82, 2.24) is 0 Å². The lowest BCUT2D eigenvalue weighted by Crippen LogP contribution is -2.32. The molecule has 4 heteroatoms. The molecule has 0 bridgehead atoms. The molecule has 1 aliphatic carbocycles. The normalized spacial score (nSPS) is 26.3. The summed E-state index contributed by atoms with van der Waals surface area (Å²) >= 11 is 0. The van der Waals surface area contributed by atoms with Gasteiger partial charge in [0.1, 0.15) is 5.60 Å². The molecule has 0 aromatic rings. The van der Waals surface area contributed by atoms with E-state index in [0.717, 1.165) is 12.8 Å². The van der Waals surface area contributed by atoms with Crippen LogP contribution < -0.4 is 0 Å². The third-order valence-corrected chi connectivity index (χ3v) is 3.09. The molecule has 0 amide bonds. The topological polar surface area (TPSA) is 55.8 Å². The van der Waals surface area contributed by atoms with Crippen LogP contribution in [-0.2, 0) is 14.3 Å². The first-order chi connectivity index (χ1) is 8.48. The second-order valence-electron chi connectivity index (χ2n) is 7.42. The molecule has 0 saturated heterocycles. The highest BCUT2D eigenvalue weighted by atomic mass is 16.6. The standard InChI is InChI=1S/C15H28O4/c1-14(2,3)18-12(16)10-7-8-11(9-10)13(17)19-15(4,5)6/h10-12,16H,7-9H2,1-6H3/t10?,11-,12?/m1/s1. The molecule has 4 nitrogen and oxygen atoms in total. The lowest BCUT2D eigenvalue weighted by molar-refractivity contribution is -0.191. The van der Waals surface area contributed by atoms with Crippen LogP contribution in [0.25, 0.3) is 0 Å². The van der Waals surface area contributed by atoms with Gasteiger partial charge in [0.25, 0.3) is 0 Å². The number of ether oxygens (including phenoxy) is 2. The van der Waals surface area contributed by atoms with E-state index >= 15 is 0 Å². The van der Waals surface area contributed by atoms with Gasteiger partial charge >= 0.3 is 5.97 Å². The smallest absolute Gasteiger partial charge is 0.309 e. The van der Waals surface area contributed by atoms with Gasteiger partial charge in [-0.25, -0.2) is 0 Å². The minimum absolute atomic E-state index is 0.0248. The van der Waals surface area contributed by atoms with Crippen LogP contribution >= 0.6 is 0 Å². The van der Waals surface area contributed by atoms with Gasteiger partial charge in [0, 0.05) is 5.92 Å². The van der Waals surface area contributed by atoms with Crippen LogP contribution in [0, 0.1) is 11.8 Å². The summed E-state index contributed by atoms with van der Waals surface area (Å²) in [4.78, 5) is 12.0. The second-order valence-corrected chi connectivity index (χ2v) is 7.42. The summed E-state index contributed by atoms with van der Waals surface area (Å²) in [6.45, 7) is 11.3. The van der Waals surface area contributed by atoms with E-state index in [4.69, 9.17) is 9.47 Å². The Bertz CT molecular complexity index is 311. The average molecular weight is 272 g/mol. The van der Waals surface area contributed by atoms with Crippen molar-refractivity contribution in [2.45, 2.75) is 78.3 Å². The van der Waals surface area contributed by atoms with Crippen molar-refractivity contribution in [3.8, 4) is 0 Å². The van der Waals surface area contributed by atoms with E-state index < -0.39 is 11.9 Å². The van der Waals surface area contributed by atoms with Crippen LogP contribution in [0.1, 0.15) is 60.8 Å². The molecule has 112 valence electrons. The summed E-state index contributed by atoms with van der Waals surface area (Å²) in [5.74, 6) is -0.239. The van der Waals surface area contributed by atoms with Gasteiger partial charge in [-0.1, -0.05) is 0 Å². The SMILES string of the molecule is CC(C)(C)OC(=O)[C@@H]1CCC(C(O)OC(C)(C)C)C1. The van der Waals surface area contributed by atoms with Gasteiger partial charge in [-0.05, 0) is 60.8 Å². The van der Waals surface area contributed by atoms with Crippen molar-refractivity contribution >= 4 is 5.97 Å². The molecular formula is C15H28O4. The summed E-state index contributed by atoms with van der Waals surface area (Å²) in [5, 5.41) is 10.0. The molecule has 0 aromatic carbocycles. The summed E-state index contributed by atoms with van der Waals surface area (Å²) in [7, 11) is 0. The Balaban J connectivity index is 2.47. The third-order valence-electron chi connectivity index (χ3n) is 3.09. The number of aliphatic hydroxyl groups is 1. The summed E-state index contributed by atoms with van der Waals surface area (Å²) in [5.41, 5.74) is -0.820. The Morgan fingerprint density at radius 3 is 2.16 bits per heavy atom. The highest BCUT2D eigenvalue weighted by molar-refractivity contribution is 5.73. The Morgan fingerprint density at radius 1 is 1.11 bits per heavy atom. The fourth-order valence-electron chi connectivity index (χ4n) is 2.33. The highest BCUT2D eigenvalue weighted by Gasteiger charge is 2.37. The molecule has 1 rings (SSSR count). The Morgan fingerprint density at radius 2 is 1.68 bits per heavy atom. The van der Waals surface area contributed by atoms with Crippen LogP contribution in [0.3, 0.4) is 0 Å². The molecule has 1 saturated carbocycles. The maximum atomic E-state index is 12.0. The first-order valence-corrected chi connectivity index (χ1v) is 7.07. The van der Waals surface area contributed by atoms with Crippen molar-refractivity contribution in [3.63, 3.8) is 0 Å². The predicted molar refractivity (Wildman–Crippen MR) is 73.5 cm³/mol. The second kappa shape index (κ2) is 5.80. The molecule has 0 aliphatic heterocycles. The average Bonchev–Trinajstić information content (AvgIpc) is 2.60. The van der Waals surface area contributed by atoms with E-state index in [1.165, 1.54) is 0 Å². The lowest BCUT2D eigenvalue weighted by Gasteiger charge is -2.27. The number of esters is 1. The van der Waals surface area contributed by atoms with Crippen molar-refractivity contribution < 1.29 is 19.4 Å². The van der Waals surface area contributed by atoms with Crippen molar-refractivity contribution in [3.05, 3.63) is 0 Å². The van der Waals surface area contributed by atoms with Crippen molar-refractivity contribution in [2.75, 3.05) is 0 Å². The van der Waals surface area contributed by atoms with Gasteiger partial charge in [0.05, 0.1) is 11.5 Å². The van der Waals surface area contributed by atoms with E-state index in [2.05, 4.69) is 0 Å². The molecule has 0 radical (unpaired) electrons. The van der Waals surface area contributed by atoms with Crippen LogP contribution in [0.4, 0.5) is 0 Å². The van der Waals surface area contributed by atoms with Crippen LogP contribution in [-0.4, -0.2) is 28.6 Å². The Kier molecular flexibility index (Phi) is 5.02. The highest BCUT2D eigenvalue weighted by Crippen LogP contribution is 2.36. The Hall–Kier alpha value is -0.610. The minimum atomic E-state index is -0.799. The maximum Gasteiger partial charge on any atom is 0.309 e. The van der Waals surface area contributed by atoms with Crippen LogP contribution in [0.5, 0.6) is 0 Å². The number of hydrogen-bond donors (Lipinski definition) is 1. The van der Waals surface area contributed by atoms with E-state index in [1.807, 2.05) is 41.5 Å². The summed E-state index contributed by atoms with van der Waals surface area (Å²) in [6.07, 6.45) is 1.42. The third kappa shape index (κ3) is 5.91. The van der Waals surface area contributed by atoms with E-state index in [1.54, 1.807) is 0 Å². The zero-order chi connectivity index (χ0) is 14.8. The van der Waals surface area contributed by atoms with Gasteiger partial charge in [0.2, 0.25) is 0 Å². The first-order valence-electron chi connectivity index (χ1n) is 7.07. The predicted octanol–water partition coefficient (Wildman–Crippen LogP) is 2.88. The summed E-state index contributed by atoms with van der Waals surface area (Å²) in [6, 6.07) is 0. The quantitative estimate of drug-likeness (QED) is 0.634. The van der Waals surface area contributed by atoms with E-state index in [-0.39, 0.29) is 23.4 Å². The number of carbonyl (C=O) groups excluding carboxylic acids is 1. The number of carbonyl (C=O) groups is 1. The van der Waals surface area contributed by atoms with Gasteiger partial charge in [-0.3, -0.25) is 4.79 Å². The van der Waals surface area contributed by atoms with Crippen molar-refractivity contribution in [1.29, 1.82) is 0 Å². The molecule has 1 fully saturated rings. The van der Waals surface area contributed by atoms with Gasteiger partial charge < -0.3 is 14.6 Å². The molecular weight excluding hydrogens is 244 g/mol. The molecule has 3 atom stereocenters. The fourth-order valence-corrected chi connectivity index (χ4v) is 2.33. The summed E-state index contributed by atoms with van der Waals surface area (Å²) < 4.78 is 10.9. The zero-order valence-electron chi connectivity index (χ0n) is 13.0. The van der Waals surface area contributed by atoms with E-state index in [9.17, 15) is 9.90 Å². The maximum absolute atomic E-state index is 12.0.